The third-order valence-corrected chi connectivity index (χ3v) is 4.94. The van der Waals surface area contributed by atoms with Crippen molar-refractivity contribution in [3.05, 3.63) is 65.2 Å². The third kappa shape index (κ3) is 3.50. The van der Waals surface area contributed by atoms with Gasteiger partial charge in [-0.3, -0.25) is 10.2 Å². The monoisotopic (exact) mass is 382 g/mol. The SMILES string of the molecule is CC[C@@]1(c2ccccc2)NC(=O)N(NC(=S)Nc2cc(C)ccc2C)C1=O. The highest BCUT2D eigenvalue weighted by molar-refractivity contribution is 7.80. The Bertz CT molecular complexity index is 900. The summed E-state index contributed by atoms with van der Waals surface area (Å²) in [6.07, 6.45) is 0.428. The molecule has 3 N–H and O–H groups in total. The van der Waals surface area contributed by atoms with Crippen LogP contribution in [0.1, 0.15) is 30.0 Å². The van der Waals surface area contributed by atoms with Crippen molar-refractivity contribution in [2.45, 2.75) is 32.7 Å². The number of nitrogens with zero attached hydrogens (tertiary/aromatic N) is 1. The van der Waals surface area contributed by atoms with Gasteiger partial charge in [0.1, 0.15) is 5.54 Å². The minimum atomic E-state index is -1.10. The van der Waals surface area contributed by atoms with Crippen molar-refractivity contribution in [3.63, 3.8) is 0 Å². The Kier molecular flexibility index (Phi) is 5.14. The molecule has 7 heteroatoms. The number of urea groups is 1. The number of carbonyl (C=O) groups is 2. The fourth-order valence-electron chi connectivity index (χ4n) is 3.16. The summed E-state index contributed by atoms with van der Waals surface area (Å²) in [6, 6.07) is 14.6. The molecule has 0 aliphatic carbocycles. The number of hydrazine groups is 1. The molecule has 2 aromatic carbocycles. The van der Waals surface area contributed by atoms with Crippen LogP contribution in [0, 0.1) is 13.8 Å². The predicted octanol–water partition coefficient (Wildman–Crippen LogP) is 3.36. The van der Waals surface area contributed by atoms with Gasteiger partial charge in [-0.2, -0.15) is 5.01 Å². The highest BCUT2D eigenvalue weighted by Crippen LogP contribution is 2.31. The van der Waals surface area contributed by atoms with Crippen molar-refractivity contribution < 1.29 is 9.59 Å². The Balaban J connectivity index is 1.79. The summed E-state index contributed by atoms with van der Waals surface area (Å²) < 4.78 is 0. The minimum Gasteiger partial charge on any atom is -0.331 e. The van der Waals surface area contributed by atoms with Gasteiger partial charge in [0.15, 0.2) is 5.11 Å². The molecule has 0 spiro atoms. The van der Waals surface area contributed by atoms with Crippen LogP contribution >= 0.6 is 12.2 Å². The number of imide groups is 1. The third-order valence-electron chi connectivity index (χ3n) is 4.74. The number of nitrogens with one attached hydrogen (secondary N) is 3. The Morgan fingerprint density at radius 1 is 1.15 bits per heavy atom. The van der Waals surface area contributed by atoms with E-state index in [0.717, 1.165) is 27.4 Å². The van der Waals surface area contributed by atoms with Crippen molar-refractivity contribution in [3.8, 4) is 0 Å². The van der Waals surface area contributed by atoms with Gasteiger partial charge in [-0.15, -0.1) is 0 Å². The average Bonchev–Trinajstić information content (AvgIpc) is 2.90. The van der Waals surface area contributed by atoms with Crippen LogP contribution in [0.5, 0.6) is 0 Å². The lowest BCUT2D eigenvalue weighted by Crippen LogP contribution is -2.49. The molecule has 1 heterocycles. The van der Waals surface area contributed by atoms with Crippen molar-refractivity contribution in [2.75, 3.05) is 5.32 Å². The van der Waals surface area contributed by atoms with Gasteiger partial charge in [0.2, 0.25) is 0 Å². The van der Waals surface area contributed by atoms with Crippen LogP contribution in [0.2, 0.25) is 0 Å². The Hall–Kier alpha value is -2.93. The van der Waals surface area contributed by atoms with Crippen LogP contribution in [0.3, 0.4) is 0 Å². The molecule has 1 atom stereocenters. The Morgan fingerprint density at radius 2 is 1.85 bits per heavy atom. The summed E-state index contributed by atoms with van der Waals surface area (Å²) in [5.41, 5.74) is 5.28. The lowest BCUT2D eigenvalue weighted by molar-refractivity contribution is -0.133. The van der Waals surface area contributed by atoms with Crippen LogP contribution in [-0.4, -0.2) is 22.1 Å². The van der Waals surface area contributed by atoms with Crippen LogP contribution < -0.4 is 16.1 Å². The topological polar surface area (TPSA) is 73.5 Å². The number of anilines is 1. The zero-order chi connectivity index (χ0) is 19.6. The zero-order valence-electron chi connectivity index (χ0n) is 15.5. The van der Waals surface area contributed by atoms with Crippen LogP contribution in [0.15, 0.2) is 48.5 Å². The summed E-state index contributed by atoms with van der Waals surface area (Å²) in [5, 5.41) is 6.98. The quantitative estimate of drug-likeness (QED) is 0.559. The maximum absolute atomic E-state index is 13.1. The summed E-state index contributed by atoms with van der Waals surface area (Å²) in [7, 11) is 0. The van der Waals surface area contributed by atoms with E-state index in [9.17, 15) is 9.59 Å². The number of amides is 3. The Labute approximate surface area is 163 Å². The molecule has 1 fully saturated rings. The lowest BCUT2D eigenvalue weighted by Gasteiger charge is -2.26. The van der Waals surface area contributed by atoms with Gasteiger partial charge in [0.25, 0.3) is 5.91 Å². The highest BCUT2D eigenvalue weighted by Gasteiger charge is 2.51. The summed E-state index contributed by atoms with van der Waals surface area (Å²) in [5.74, 6) is -0.383. The fourth-order valence-corrected chi connectivity index (χ4v) is 3.36. The first-order valence-electron chi connectivity index (χ1n) is 8.74. The molecule has 0 bridgehead atoms. The first-order valence-corrected chi connectivity index (χ1v) is 9.15. The van der Waals surface area contributed by atoms with Gasteiger partial charge in [0, 0.05) is 5.69 Å². The van der Waals surface area contributed by atoms with Crippen LogP contribution in [0.4, 0.5) is 10.5 Å². The predicted molar refractivity (Wildman–Crippen MR) is 109 cm³/mol. The number of aryl methyl sites for hydroxylation is 2. The molecule has 0 radical (unpaired) electrons. The molecule has 0 unspecified atom stereocenters. The van der Waals surface area contributed by atoms with Gasteiger partial charge in [0.05, 0.1) is 0 Å². The Morgan fingerprint density at radius 3 is 2.52 bits per heavy atom. The van der Waals surface area contributed by atoms with Gasteiger partial charge in [-0.1, -0.05) is 49.4 Å². The van der Waals surface area contributed by atoms with E-state index in [1.807, 2.05) is 69.3 Å². The lowest BCUT2D eigenvalue weighted by atomic mass is 9.87. The van der Waals surface area contributed by atoms with Crippen LogP contribution in [0.25, 0.3) is 0 Å². The van der Waals surface area contributed by atoms with Gasteiger partial charge >= 0.3 is 6.03 Å². The van der Waals surface area contributed by atoms with E-state index < -0.39 is 11.6 Å². The first-order chi connectivity index (χ1) is 12.9. The molecule has 0 saturated carbocycles. The molecular formula is C20H22N4O2S. The maximum atomic E-state index is 13.1. The second-order valence-corrected chi connectivity index (χ2v) is 6.99. The zero-order valence-corrected chi connectivity index (χ0v) is 16.3. The van der Waals surface area contributed by atoms with Crippen molar-refractivity contribution >= 4 is 35.0 Å². The van der Waals surface area contributed by atoms with Crippen molar-refractivity contribution in [1.82, 2.24) is 15.8 Å². The van der Waals surface area contributed by atoms with E-state index >= 15 is 0 Å². The fraction of sp³-hybridized carbons (Fsp3) is 0.250. The molecule has 1 aliphatic rings. The van der Waals surface area contributed by atoms with E-state index in [4.69, 9.17) is 12.2 Å². The van der Waals surface area contributed by atoms with E-state index in [2.05, 4.69) is 16.1 Å². The molecular weight excluding hydrogens is 360 g/mol. The molecule has 6 nitrogen and oxygen atoms in total. The molecule has 140 valence electrons. The summed E-state index contributed by atoms with van der Waals surface area (Å²) in [4.78, 5) is 25.6. The van der Waals surface area contributed by atoms with E-state index in [-0.39, 0.29) is 11.0 Å². The van der Waals surface area contributed by atoms with Crippen molar-refractivity contribution in [2.24, 2.45) is 0 Å². The smallest absolute Gasteiger partial charge is 0.331 e. The summed E-state index contributed by atoms with van der Waals surface area (Å²) >= 11 is 5.31. The number of rotatable bonds is 4. The van der Waals surface area contributed by atoms with E-state index in [1.54, 1.807) is 0 Å². The maximum Gasteiger partial charge on any atom is 0.344 e. The minimum absolute atomic E-state index is 0.173. The van der Waals surface area contributed by atoms with E-state index in [1.165, 1.54) is 0 Å². The molecule has 2 aromatic rings. The van der Waals surface area contributed by atoms with Crippen molar-refractivity contribution in [1.29, 1.82) is 0 Å². The molecule has 1 saturated heterocycles. The summed E-state index contributed by atoms with van der Waals surface area (Å²) in [6.45, 7) is 5.80. The number of thiocarbonyl (C=S) groups is 1. The molecule has 0 aromatic heterocycles. The normalized spacial score (nSPS) is 19.0. The second kappa shape index (κ2) is 7.36. The highest BCUT2D eigenvalue weighted by atomic mass is 32.1. The molecule has 3 rings (SSSR count). The molecule has 27 heavy (non-hydrogen) atoms. The largest absolute Gasteiger partial charge is 0.344 e. The molecule has 3 amide bonds. The number of benzene rings is 2. The molecule has 1 aliphatic heterocycles. The standard InChI is InChI=1S/C20H22N4O2S/c1-4-20(15-8-6-5-7-9-15)17(25)24(19(26)22-20)23-18(27)21-16-12-13(2)10-11-14(16)3/h5-12H,4H2,1-3H3,(H,22,26)(H2,21,23,27)/t20-/m0/s1. The second-order valence-electron chi connectivity index (χ2n) is 6.58. The van der Waals surface area contributed by atoms with Gasteiger partial charge in [-0.05, 0) is 55.2 Å². The first kappa shape index (κ1) is 18.8. The number of hydrogen-bond acceptors (Lipinski definition) is 3. The van der Waals surface area contributed by atoms with Crippen LogP contribution in [-0.2, 0) is 10.3 Å². The van der Waals surface area contributed by atoms with Gasteiger partial charge in [-0.25, -0.2) is 4.79 Å². The average molecular weight is 382 g/mol. The number of hydrogen-bond donors (Lipinski definition) is 3. The van der Waals surface area contributed by atoms with Gasteiger partial charge < -0.3 is 10.6 Å². The van der Waals surface area contributed by atoms with E-state index in [0.29, 0.717) is 6.42 Å². The number of carbonyl (C=O) groups excluding carboxylic acids is 2.